The number of nitrogens with one attached hydrogen (secondary N) is 1. The first-order valence-electron chi connectivity index (χ1n) is 8.80. The summed E-state index contributed by atoms with van der Waals surface area (Å²) in [5, 5.41) is 8.44. The minimum Gasteiger partial charge on any atom is -0.334 e. The van der Waals surface area contributed by atoms with Crippen molar-refractivity contribution >= 4 is 11.6 Å². The van der Waals surface area contributed by atoms with Crippen molar-refractivity contribution in [3.05, 3.63) is 70.5 Å². The third kappa shape index (κ3) is 3.51. The quantitative estimate of drug-likeness (QED) is 0.758. The molecule has 0 amide bonds. The van der Waals surface area contributed by atoms with E-state index in [4.69, 9.17) is 16.1 Å². The summed E-state index contributed by atoms with van der Waals surface area (Å²) in [6, 6.07) is 16.2. The molecule has 0 aliphatic carbocycles. The third-order valence-corrected chi connectivity index (χ3v) is 5.15. The van der Waals surface area contributed by atoms with Gasteiger partial charge in [-0.25, -0.2) is 0 Å². The molecule has 0 radical (unpaired) electrons. The van der Waals surface area contributed by atoms with Gasteiger partial charge in [-0.05, 0) is 30.2 Å². The molecular weight excluding hydrogens is 348 g/mol. The van der Waals surface area contributed by atoms with Gasteiger partial charge in [0.25, 0.3) is 5.89 Å². The molecule has 6 heteroatoms. The maximum Gasteiger partial charge on any atom is 0.258 e. The summed E-state index contributed by atoms with van der Waals surface area (Å²) < 4.78 is 5.51. The second-order valence-electron chi connectivity index (χ2n) is 6.54. The van der Waals surface area contributed by atoms with E-state index < -0.39 is 0 Å². The zero-order valence-electron chi connectivity index (χ0n) is 14.7. The van der Waals surface area contributed by atoms with Gasteiger partial charge in [0.1, 0.15) is 0 Å². The van der Waals surface area contributed by atoms with Crippen LogP contribution in [0.5, 0.6) is 0 Å². The second kappa shape index (κ2) is 7.58. The van der Waals surface area contributed by atoms with Crippen LogP contribution in [0.25, 0.3) is 11.5 Å². The minimum absolute atomic E-state index is 0.192. The molecule has 134 valence electrons. The summed E-state index contributed by atoms with van der Waals surface area (Å²) >= 11 is 6.42. The highest BCUT2D eigenvalue weighted by Gasteiger charge is 2.26. The Kier molecular flexibility index (Phi) is 5.02. The molecule has 1 aliphatic heterocycles. The Morgan fingerprint density at radius 2 is 2.00 bits per heavy atom. The summed E-state index contributed by atoms with van der Waals surface area (Å²) in [5.41, 5.74) is 3.23. The molecule has 1 aromatic heterocycles. The predicted octanol–water partition coefficient (Wildman–Crippen LogP) is 3.84. The monoisotopic (exact) mass is 368 g/mol. The molecule has 1 saturated heterocycles. The Morgan fingerprint density at radius 1 is 1.19 bits per heavy atom. The summed E-state index contributed by atoms with van der Waals surface area (Å²) in [6.07, 6.45) is 0. The molecule has 0 saturated carbocycles. The molecule has 2 heterocycles. The number of halogens is 1. The summed E-state index contributed by atoms with van der Waals surface area (Å²) in [5.74, 6) is 1.27. The first-order chi connectivity index (χ1) is 12.7. The zero-order valence-corrected chi connectivity index (χ0v) is 15.4. The van der Waals surface area contributed by atoms with Crippen LogP contribution >= 0.6 is 11.6 Å². The van der Waals surface area contributed by atoms with Gasteiger partial charge in [-0.1, -0.05) is 53.2 Å². The predicted molar refractivity (Wildman–Crippen MR) is 102 cm³/mol. The van der Waals surface area contributed by atoms with Gasteiger partial charge in [0, 0.05) is 36.3 Å². The molecule has 1 N–H and O–H groups in total. The lowest BCUT2D eigenvalue weighted by Gasteiger charge is -2.36. The van der Waals surface area contributed by atoms with E-state index in [9.17, 15) is 0 Å². The number of nitrogens with zero attached hydrogens (tertiary/aromatic N) is 3. The lowest BCUT2D eigenvalue weighted by Crippen LogP contribution is -2.45. The first-order valence-corrected chi connectivity index (χ1v) is 9.18. The lowest BCUT2D eigenvalue weighted by atomic mass is 10.0. The highest BCUT2D eigenvalue weighted by Crippen LogP contribution is 2.29. The molecule has 1 unspecified atom stereocenters. The van der Waals surface area contributed by atoms with Gasteiger partial charge in [-0.3, -0.25) is 4.90 Å². The van der Waals surface area contributed by atoms with E-state index in [0.29, 0.717) is 18.3 Å². The second-order valence-corrected chi connectivity index (χ2v) is 6.95. The number of hydrogen-bond acceptors (Lipinski definition) is 5. The maximum atomic E-state index is 6.42. The summed E-state index contributed by atoms with van der Waals surface area (Å²) in [4.78, 5) is 6.96. The average Bonchev–Trinajstić information content (AvgIpc) is 3.11. The van der Waals surface area contributed by atoms with Crippen LogP contribution in [0.4, 0.5) is 0 Å². The number of benzene rings is 2. The van der Waals surface area contributed by atoms with Crippen LogP contribution in [0.2, 0.25) is 5.02 Å². The van der Waals surface area contributed by atoms with Gasteiger partial charge >= 0.3 is 0 Å². The van der Waals surface area contributed by atoms with Crippen LogP contribution in [0.15, 0.2) is 53.1 Å². The number of hydrogen-bond donors (Lipinski definition) is 1. The Hall–Kier alpha value is -2.21. The van der Waals surface area contributed by atoms with Crippen LogP contribution in [-0.4, -0.2) is 34.7 Å². The lowest BCUT2D eigenvalue weighted by molar-refractivity contribution is 0.148. The average molecular weight is 369 g/mol. The van der Waals surface area contributed by atoms with E-state index in [-0.39, 0.29) is 6.04 Å². The highest BCUT2D eigenvalue weighted by atomic mass is 35.5. The van der Waals surface area contributed by atoms with E-state index >= 15 is 0 Å². The van der Waals surface area contributed by atoms with Crippen molar-refractivity contribution in [3.8, 4) is 11.5 Å². The zero-order chi connectivity index (χ0) is 17.9. The van der Waals surface area contributed by atoms with Crippen molar-refractivity contribution in [2.24, 2.45) is 0 Å². The molecule has 2 aromatic carbocycles. The van der Waals surface area contributed by atoms with E-state index in [2.05, 4.69) is 26.4 Å². The standard InChI is InChI=1S/C20H21ClN4O/c1-14-6-2-3-7-15(14)20-23-19(24-26-20)13-25-11-10-22-12-18(25)16-8-4-5-9-17(16)21/h2-9,18,22H,10-13H2,1H3. The van der Waals surface area contributed by atoms with Crippen molar-refractivity contribution in [2.45, 2.75) is 19.5 Å². The van der Waals surface area contributed by atoms with Gasteiger partial charge in [0.2, 0.25) is 0 Å². The minimum atomic E-state index is 0.192. The van der Waals surface area contributed by atoms with Crippen molar-refractivity contribution in [1.29, 1.82) is 0 Å². The third-order valence-electron chi connectivity index (χ3n) is 4.81. The van der Waals surface area contributed by atoms with Crippen LogP contribution in [-0.2, 0) is 6.54 Å². The molecule has 1 fully saturated rings. The fraction of sp³-hybridized carbons (Fsp3) is 0.300. The molecule has 0 bridgehead atoms. The van der Waals surface area contributed by atoms with E-state index in [1.54, 1.807) is 0 Å². The molecular formula is C20H21ClN4O. The van der Waals surface area contributed by atoms with Crippen molar-refractivity contribution in [3.63, 3.8) is 0 Å². The number of piperazine rings is 1. The van der Waals surface area contributed by atoms with Crippen LogP contribution in [0.3, 0.4) is 0 Å². The number of aryl methyl sites for hydroxylation is 1. The molecule has 4 rings (SSSR count). The van der Waals surface area contributed by atoms with Crippen molar-refractivity contribution in [1.82, 2.24) is 20.4 Å². The SMILES string of the molecule is Cc1ccccc1-c1nc(CN2CCNCC2c2ccccc2Cl)no1. The molecule has 0 spiro atoms. The highest BCUT2D eigenvalue weighted by molar-refractivity contribution is 6.31. The molecule has 26 heavy (non-hydrogen) atoms. The fourth-order valence-corrected chi connectivity index (χ4v) is 3.67. The Bertz CT molecular complexity index is 895. The summed E-state index contributed by atoms with van der Waals surface area (Å²) in [7, 11) is 0. The first kappa shape index (κ1) is 17.2. The Balaban J connectivity index is 1.56. The van der Waals surface area contributed by atoms with Crippen molar-refractivity contribution < 1.29 is 4.52 Å². The van der Waals surface area contributed by atoms with Gasteiger partial charge in [0.05, 0.1) is 6.54 Å². The molecule has 5 nitrogen and oxygen atoms in total. The summed E-state index contributed by atoms with van der Waals surface area (Å²) in [6.45, 7) is 5.37. The van der Waals surface area contributed by atoms with E-state index in [0.717, 1.165) is 41.3 Å². The maximum absolute atomic E-state index is 6.42. The largest absolute Gasteiger partial charge is 0.334 e. The fourth-order valence-electron chi connectivity index (χ4n) is 3.41. The van der Waals surface area contributed by atoms with E-state index in [1.807, 2.05) is 49.4 Å². The normalized spacial score (nSPS) is 18.2. The van der Waals surface area contributed by atoms with Gasteiger partial charge < -0.3 is 9.84 Å². The molecule has 1 aliphatic rings. The van der Waals surface area contributed by atoms with Gasteiger partial charge in [-0.2, -0.15) is 4.98 Å². The number of aromatic nitrogens is 2. The Morgan fingerprint density at radius 3 is 2.85 bits per heavy atom. The van der Waals surface area contributed by atoms with Crippen molar-refractivity contribution in [2.75, 3.05) is 19.6 Å². The number of rotatable bonds is 4. The molecule has 3 aromatic rings. The topological polar surface area (TPSA) is 54.2 Å². The smallest absolute Gasteiger partial charge is 0.258 e. The Labute approximate surface area is 158 Å². The van der Waals surface area contributed by atoms with Gasteiger partial charge in [-0.15, -0.1) is 0 Å². The van der Waals surface area contributed by atoms with Gasteiger partial charge in [0.15, 0.2) is 5.82 Å². The van der Waals surface area contributed by atoms with Crippen LogP contribution < -0.4 is 5.32 Å². The van der Waals surface area contributed by atoms with Crippen LogP contribution in [0, 0.1) is 6.92 Å². The molecule has 1 atom stereocenters. The van der Waals surface area contributed by atoms with Crippen LogP contribution in [0.1, 0.15) is 23.0 Å². The van der Waals surface area contributed by atoms with E-state index in [1.165, 1.54) is 0 Å².